The first-order chi connectivity index (χ1) is 9.52. The van der Waals surface area contributed by atoms with Gasteiger partial charge in [-0.25, -0.2) is 9.59 Å². The van der Waals surface area contributed by atoms with Crippen LogP contribution in [0.2, 0.25) is 0 Å². The number of carbonyl (C=O) groups excluding carboxylic acids is 2. The molecule has 0 aliphatic carbocycles. The molecule has 0 fully saturated rings. The molecule has 0 atom stereocenters. The molecule has 0 saturated carbocycles. The third-order valence-corrected chi connectivity index (χ3v) is 3.70. The number of hydrogen-bond acceptors (Lipinski definition) is 7. The minimum atomic E-state index is -0.658. The van der Waals surface area contributed by atoms with Gasteiger partial charge in [-0.05, 0) is 25.1 Å². The van der Waals surface area contributed by atoms with Crippen molar-refractivity contribution in [3.8, 4) is 0 Å². The van der Waals surface area contributed by atoms with Gasteiger partial charge in [0.05, 0.1) is 11.6 Å². The number of esters is 1. The fourth-order valence-corrected chi connectivity index (χ4v) is 2.43. The van der Waals surface area contributed by atoms with Crippen LogP contribution in [-0.4, -0.2) is 38.4 Å². The van der Waals surface area contributed by atoms with Gasteiger partial charge < -0.3 is 14.5 Å². The van der Waals surface area contributed by atoms with E-state index in [1.807, 2.05) is 31.1 Å². The monoisotopic (exact) mass is 294 g/mol. The average molecular weight is 294 g/mol. The first kappa shape index (κ1) is 14.3. The lowest BCUT2D eigenvalue weighted by Gasteiger charge is -2.06. The van der Waals surface area contributed by atoms with Crippen LogP contribution in [0.1, 0.15) is 11.8 Å². The average Bonchev–Trinajstić information content (AvgIpc) is 2.99. The summed E-state index contributed by atoms with van der Waals surface area (Å²) in [5.74, 6) is -1.30. The zero-order valence-electron chi connectivity index (χ0n) is 11.4. The van der Waals surface area contributed by atoms with Crippen LogP contribution >= 0.6 is 11.3 Å². The molecule has 1 aliphatic rings. The van der Waals surface area contributed by atoms with Gasteiger partial charge in [-0.2, -0.15) is 0 Å². The largest absolute Gasteiger partial charge is 0.461 e. The van der Waals surface area contributed by atoms with Gasteiger partial charge in [-0.1, -0.05) is 5.16 Å². The van der Waals surface area contributed by atoms with Crippen LogP contribution in [0.3, 0.4) is 0 Å². The van der Waals surface area contributed by atoms with Gasteiger partial charge in [-0.3, -0.25) is 0 Å². The maximum atomic E-state index is 11.7. The predicted molar refractivity (Wildman–Crippen MR) is 76.8 cm³/mol. The summed E-state index contributed by atoms with van der Waals surface area (Å²) in [7, 11) is 3.86. The number of ether oxygens (including phenoxy) is 1. The third kappa shape index (κ3) is 2.88. The second-order valence-corrected chi connectivity index (χ2v) is 5.26. The Morgan fingerprint density at radius 1 is 1.50 bits per heavy atom. The predicted octanol–water partition coefficient (Wildman–Crippen LogP) is 1.67. The molecule has 1 aromatic heterocycles. The minimum Gasteiger partial charge on any atom is -0.461 e. The quantitative estimate of drug-likeness (QED) is 0.480. The zero-order valence-corrected chi connectivity index (χ0v) is 12.2. The van der Waals surface area contributed by atoms with Crippen molar-refractivity contribution in [1.29, 1.82) is 0 Å². The van der Waals surface area contributed by atoms with Crippen molar-refractivity contribution >= 4 is 40.1 Å². The van der Waals surface area contributed by atoms with Gasteiger partial charge in [0, 0.05) is 19.0 Å². The number of hydrogen-bond donors (Lipinski definition) is 0. The van der Waals surface area contributed by atoms with Crippen molar-refractivity contribution < 1.29 is 19.2 Å². The molecule has 106 valence electrons. The molecule has 0 radical (unpaired) electrons. The number of rotatable bonds is 4. The highest BCUT2D eigenvalue weighted by molar-refractivity contribution is 7.17. The van der Waals surface area contributed by atoms with Gasteiger partial charge in [-0.15, -0.1) is 11.3 Å². The Balaban J connectivity index is 2.28. The molecule has 0 N–H and O–H groups in total. The van der Waals surface area contributed by atoms with E-state index >= 15 is 0 Å². The standard InChI is InChI=1S/C13H14N2O4S/c1-4-18-13(17)11-9(12(16)19-14-11)7-8-5-6-10(20-8)15(2)3/h5-7H,4H2,1-3H3. The summed E-state index contributed by atoms with van der Waals surface area (Å²) < 4.78 is 4.84. The van der Waals surface area contributed by atoms with Gasteiger partial charge in [0.25, 0.3) is 0 Å². The number of nitrogens with zero attached hydrogens (tertiary/aromatic N) is 2. The van der Waals surface area contributed by atoms with Crippen molar-refractivity contribution in [3.63, 3.8) is 0 Å². The van der Waals surface area contributed by atoms with Gasteiger partial charge in [0.1, 0.15) is 5.57 Å². The fraction of sp³-hybridized carbons (Fsp3) is 0.308. The lowest BCUT2D eigenvalue weighted by atomic mass is 10.1. The Bertz CT molecular complexity index is 601. The molecule has 2 heterocycles. The molecule has 0 aromatic carbocycles. The molecule has 2 rings (SSSR count). The lowest BCUT2D eigenvalue weighted by Crippen LogP contribution is -2.19. The van der Waals surface area contributed by atoms with E-state index in [1.54, 1.807) is 13.0 Å². The van der Waals surface area contributed by atoms with Crippen LogP contribution in [-0.2, 0) is 19.2 Å². The van der Waals surface area contributed by atoms with Gasteiger partial charge >= 0.3 is 11.9 Å². The molecule has 0 bridgehead atoms. The molecular weight excluding hydrogens is 280 g/mol. The van der Waals surface area contributed by atoms with Crippen LogP contribution in [0.25, 0.3) is 6.08 Å². The molecule has 1 aromatic rings. The SMILES string of the molecule is CCOC(=O)C1=NOC(=O)C1=Cc1ccc(N(C)C)s1. The summed E-state index contributed by atoms with van der Waals surface area (Å²) in [6.07, 6.45) is 1.59. The molecule has 7 heteroatoms. The lowest BCUT2D eigenvalue weighted by molar-refractivity contribution is -0.136. The summed E-state index contributed by atoms with van der Waals surface area (Å²) in [5.41, 5.74) is 0.0345. The molecule has 6 nitrogen and oxygen atoms in total. The molecule has 20 heavy (non-hydrogen) atoms. The highest BCUT2D eigenvalue weighted by Crippen LogP contribution is 2.27. The first-order valence-electron chi connectivity index (χ1n) is 5.98. The van der Waals surface area contributed by atoms with E-state index in [9.17, 15) is 9.59 Å². The van der Waals surface area contributed by atoms with Crippen LogP contribution in [0.4, 0.5) is 5.00 Å². The van der Waals surface area contributed by atoms with Crippen molar-refractivity contribution in [2.75, 3.05) is 25.6 Å². The number of anilines is 1. The second-order valence-electron chi connectivity index (χ2n) is 4.17. The Hall–Kier alpha value is -2.15. The van der Waals surface area contributed by atoms with E-state index in [0.29, 0.717) is 0 Å². The van der Waals surface area contributed by atoms with Gasteiger partial charge in [0.2, 0.25) is 5.71 Å². The van der Waals surface area contributed by atoms with Crippen molar-refractivity contribution in [2.45, 2.75) is 6.92 Å². The Morgan fingerprint density at radius 3 is 2.85 bits per heavy atom. The summed E-state index contributed by atoms with van der Waals surface area (Å²) in [6, 6.07) is 3.79. The summed E-state index contributed by atoms with van der Waals surface area (Å²) >= 11 is 1.49. The van der Waals surface area contributed by atoms with E-state index in [4.69, 9.17) is 4.74 Å². The highest BCUT2D eigenvalue weighted by Gasteiger charge is 2.32. The molecule has 0 saturated heterocycles. The zero-order chi connectivity index (χ0) is 14.7. The van der Waals surface area contributed by atoms with E-state index < -0.39 is 11.9 Å². The normalized spacial score (nSPS) is 16.1. The van der Waals surface area contributed by atoms with Crippen molar-refractivity contribution in [2.24, 2.45) is 5.16 Å². The van der Waals surface area contributed by atoms with Crippen molar-refractivity contribution in [1.82, 2.24) is 0 Å². The topological polar surface area (TPSA) is 68.2 Å². The summed E-state index contributed by atoms with van der Waals surface area (Å²) in [6.45, 7) is 1.89. The minimum absolute atomic E-state index is 0.0864. The van der Waals surface area contributed by atoms with E-state index in [-0.39, 0.29) is 17.9 Å². The van der Waals surface area contributed by atoms with Crippen LogP contribution < -0.4 is 4.90 Å². The highest BCUT2D eigenvalue weighted by atomic mass is 32.1. The van der Waals surface area contributed by atoms with E-state index in [0.717, 1.165) is 9.88 Å². The summed E-state index contributed by atoms with van der Waals surface area (Å²) in [5, 5.41) is 4.51. The van der Waals surface area contributed by atoms with E-state index in [2.05, 4.69) is 9.99 Å². The maximum absolute atomic E-state index is 11.7. The first-order valence-corrected chi connectivity index (χ1v) is 6.80. The van der Waals surface area contributed by atoms with Crippen LogP contribution in [0.15, 0.2) is 22.9 Å². The smallest absolute Gasteiger partial charge is 0.368 e. The maximum Gasteiger partial charge on any atom is 0.368 e. The van der Waals surface area contributed by atoms with Gasteiger partial charge in [0.15, 0.2) is 0 Å². The third-order valence-electron chi connectivity index (χ3n) is 2.50. The Labute approximate surface area is 120 Å². The Morgan fingerprint density at radius 2 is 2.25 bits per heavy atom. The molecule has 0 unspecified atom stereocenters. The second kappa shape index (κ2) is 5.87. The Kier molecular flexibility index (Phi) is 4.19. The number of oxime groups is 1. The molecule has 0 spiro atoms. The van der Waals surface area contributed by atoms with Crippen LogP contribution in [0.5, 0.6) is 0 Å². The molecule has 0 amide bonds. The number of thiophene rings is 1. The molecule has 1 aliphatic heterocycles. The number of carbonyl (C=O) groups is 2. The van der Waals surface area contributed by atoms with Crippen LogP contribution in [0, 0.1) is 0 Å². The van der Waals surface area contributed by atoms with Crippen molar-refractivity contribution in [3.05, 3.63) is 22.6 Å². The summed E-state index contributed by atoms with van der Waals surface area (Å²) in [4.78, 5) is 30.6. The van der Waals surface area contributed by atoms with E-state index in [1.165, 1.54) is 11.3 Å². The fourth-order valence-electron chi connectivity index (χ4n) is 1.56. The molecular formula is C13H14N2O4S.